The summed E-state index contributed by atoms with van der Waals surface area (Å²) in [7, 11) is 0. The molecular weight excluding hydrogens is 304 g/mol. The van der Waals surface area contributed by atoms with Crippen molar-refractivity contribution in [2.24, 2.45) is 23.7 Å². The first-order valence-electron chi connectivity index (χ1n) is 9.59. The zero-order valence-electron chi connectivity index (χ0n) is 14.3. The molecule has 5 nitrogen and oxygen atoms in total. The second kappa shape index (κ2) is 6.51. The number of allylic oxidation sites excluding steroid dienone is 2. The Hall–Kier alpha value is -1.36. The van der Waals surface area contributed by atoms with Gasteiger partial charge in [0.15, 0.2) is 0 Å². The van der Waals surface area contributed by atoms with Gasteiger partial charge in [-0.2, -0.15) is 0 Å². The molecule has 5 heteroatoms. The van der Waals surface area contributed by atoms with Crippen molar-refractivity contribution in [3.8, 4) is 0 Å². The lowest BCUT2D eigenvalue weighted by Gasteiger charge is -2.42. The van der Waals surface area contributed by atoms with Crippen molar-refractivity contribution in [3.05, 3.63) is 12.2 Å². The summed E-state index contributed by atoms with van der Waals surface area (Å²) in [5.41, 5.74) is 0. The Labute approximate surface area is 143 Å². The minimum Gasteiger partial charge on any atom is -0.481 e. The zero-order chi connectivity index (χ0) is 16.7. The number of carboxylic acid groups (broad SMARTS) is 1. The van der Waals surface area contributed by atoms with Crippen LogP contribution in [0.4, 0.5) is 0 Å². The quantitative estimate of drug-likeness (QED) is 0.803. The second-order valence-electron chi connectivity index (χ2n) is 7.99. The number of rotatable bonds is 3. The van der Waals surface area contributed by atoms with E-state index in [0.717, 1.165) is 32.6 Å². The van der Waals surface area contributed by atoms with Crippen molar-refractivity contribution in [3.63, 3.8) is 0 Å². The maximum atomic E-state index is 13.0. The predicted molar refractivity (Wildman–Crippen MR) is 90.4 cm³/mol. The summed E-state index contributed by atoms with van der Waals surface area (Å²) in [6, 6.07) is 0.702. The van der Waals surface area contributed by atoms with Crippen molar-refractivity contribution in [2.75, 3.05) is 26.2 Å². The van der Waals surface area contributed by atoms with Gasteiger partial charge in [-0.1, -0.05) is 31.4 Å². The first-order valence-corrected chi connectivity index (χ1v) is 9.59. The molecule has 2 saturated carbocycles. The number of carbonyl (C=O) groups is 2. The van der Waals surface area contributed by atoms with Crippen LogP contribution in [-0.4, -0.2) is 59.0 Å². The van der Waals surface area contributed by atoms with Crippen LogP contribution in [0.5, 0.6) is 0 Å². The molecule has 1 N–H and O–H groups in total. The molecular formula is C19H28N2O3. The van der Waals surface area contributed by atoms with E-state index < -0.39 is 11.9 Å². The van der Waals surface area contributed by atoms with Gasteiger partial charge < -0.3 is 10.0 Å². The monoisotopic (exact) mass is 332 g/mol. The van der Waals surface area contributed by atoms with E-state index in [9.17, 15) is 14.7 Å². The first kappa shape index (κ1) is 16.1. The average Bonchev–Trinajstić information content (AvgIpc) is 3.23. The lowest BCUT2D eigenvalue weighted by molar-refractivity contribution is -0.151. The standard InChI is InChI=1S/C19H28N2O3/c22-18(16-13-6-7-14(12-13)17(16)19(23)24)21-10-8-20(9-11-21)15-4-2-1-3-5-15/h6-7,13-17H,1-5,8-12H2,(H,23,24)/t13-,14+,16-,17+/m0/s1. The number of carbonyl (C=O) groups excluding carboxylic acids is 1. The van der Waals surface area contributed by atoms with Crippen LogP contribution in [-0.2, 0) is 9.59 Å². The Morgan fingerprint density at radius 2 is 1.50 bits per heavy atom. The highest BCUT2D eigenvalue weighted by Gasteiger charge is 2.52. The number of amides is 1. The van der Waals surface area contributed by atoms with Crippen LogP contribution in [0.1, 0.15) is 38.5 Å². The normalized spacial score (nSPS) is 37.1. The fourth-order valence-electron chi connectivity index (χ4n) is 5.46. The van der Waals surface area contributed by atoms with Crippen LogP contribution in [0.25, 0.3) is 0 Å². The minimum absolute atomic E-state index is 0.0602. The van der Waals surface area contributed by atoms with Crippen molar-refractivity contribution < 1.29 is 14.7 Å². The largest absolute Gasteiger partial charge is 0.481 e. The van der Waals surface area contributed by atoms with Gasteiger partial charge in [0.1, 0.15) is 0 Å². The van der Waals surface area contributed by atoms with Crippen LogP contribution in [0.3, 0.4) is 0 Å². The number of carboxylic acids is 1. The van der Waals surface area contributed by atoms with E-state index in [4.69, 9.17) is 0 Å². The SMILES string of the molecule is O=C(O)[C@H]1[C@@H](C(=O)N2CCN(C3CCCCC3)CC2)[C@H]2C=C[C@@H]1C2. The van der Waals surface area contributed by atoms with Gasteiger partial charge in [-0.25, -0.2) is 0 Å². The molecule has 2 bridgehead atoms. The second-order valence-corrected chi connectivity index (χ2v) is 7.99. The number of nitrogens with zero attached hydrogens (tertiary/aromatic N) is 2. The van der Waals surface area contributed by atoms with Gasteiger partial charge in [0.25, 0.3) is 0 Å². The lowest BCUT2D eigenvalue weighted by atomic mass is 9.82. The smallest absolute Gasteiger partial charge is 0.307 e. The zero-order valence-corrected chi connectivity index (χ0v) is 14.3. The third-order valence-corrected chi connectivity index (χ3v) is 6.75. The van der Waals surface area contributed by atoms with E-state index in [2.05, 4.69) is 11.0 Å². The molecule has 1 amide bonds. The Morgan fingerprint density at radius 1 is 0.875 bits per heavy atom. The summed E-state index contributed by atoms with van der Waals surface area (Å²) in [4.78, 5) is 29.1. The maximum absolute atomic E-state index is 13.0. The van der Waals surface area contributed by atoms with Crippen molar-refractivity contribution in [1.82, 2.24) is 9.80 Å². The Kier molecular flexibility index (Phi) is 4.37. The number of aliphatic carboxylic acids is 1. The highest BCUT2D eigenvalue weighted by atomic mass is 16.4. The third-order valence-electron chi connectivity index (χ3n) is 6.75. The van der Waals surface area contributed by atoms with Gasteiger partial charge in [0.05, 0.1) is 11.8 Å². The van der Waals surface area contributed by atoms with Gasteiger partial charge >= 0.3 is 5.97 Å². The van der Waals surface area contributed by atoms with E-state index in [-0.39, 0.29) is 23.7 Å². The molecule has 3 fully saturated rings. The summed E-state index contributed by atoms with van der Waals surface area (Å²) in [6.07, 6.45) is 11.6. The summed E-state index contributed by atoms with van der Waals surface area (Å²) >= 11 is 0. The van der Waals surface area contributed by atoms with Crippen LogP contribution >= 0.6 is 0 Å². The molecule has 0 aromatic heterocycles. The van der Waals surface area contributed by atoms with Crippen molar-refractivity contribution in [1.29, 1.82) is 0 Å². The average molecular weight is 332 g/mol. The molecule has 0 aromatic carbocycles. The molecule has 3 aliphatic carbocycles. The highest BCUT2D eigenvalue weighted by Crippen LogP contribution is 2.48. The molecule has 4 rings (SSSR count). The van der Waals surface area contributed by atoms with Crippen molar-refractivity contribution >= 4 is 11.9 Å². The van der Waals surface area contributed by atoms with E-state index in [1.165, 1.54) is 32.1 Å². The third kappa shape index (κ3) is 2.77. The van der Waals surface area contributed by atoms with Gasteiger partial charge in [-0.05, 0) is 31.1 Å². The summed E-state index contributed by atoms with van der Waals surface area (Å²) in [5, 5.41) is 9.55. The van der Waals surface area contributed by atoms with Crippen LogP contribution in [0, 0.1) is 23.7 Å². The van der Waals surface area contributed by atoms with E-state index in [1.807, 2.05) is 11.0 Å². The van der Waals surface area contributed by atoms with Gasteiger partial charge in [-0.3, -0.25) is 14.5 Å². The number of hydrogen-bond donors (Lipinski definition) is 1. The fourth-order valence-corrected chi connectivity index (χ4v) is 5.46. The highest BCUT2D eigenvalue weighted by molar-refractivity contribution is 5.87. The van der Waals surface area contributed by atoms with Gasteiger partial charge in [0, 0.05) is 32.2 Å². The molecule has 0 radical (unpaired) electrons. The molecule has 1 aliphatic heterocycles. The van der Waals surface area contributed by atoms with Gasteiger partial charge in [-0.15, -0.1) is 0 Å². The molecule has 132 valence electrons. The fraction of sp³-hybridized carbons (Fsp3) is 0.789. The molecule has 0 aromatic rings. The van der Waals surface area contributed by atoms with Crippen LogP contribution in [0.15, 0.2) is 12.2 Å². The molecule has 4 atom stereocenters. The Morgan fingerprint density at radius 3 is 2.12 bits per heavy atom. The number of hydrogen-bond acceptors (Lipinski definition) is 3. The summed E-state index contributed by atoms with van der Waals surface area (Å²) in [5.74, 6) is -1.36. The topological polar surface area (TPSA) is 60.9 Å². The first-order chi connectivity index (χ1) is 11.6. The van der Waals surface area contributed by atoms with Crippen molar-refractivity contribution in [2.45, 2.75) is 44.6 Å². The number of piperazine rings is 1. The molecule has 0 spiro atoms. The number of fused-ring (bicyclic) bond motifs is 2. The van der Waals surface area contributed by atoms with E-state index in [0.29, 0.717) is 6.04 Å². The molecule has 1 saturated heterocycles. The molecule has 24 heavy (non-hydrogen) atoms. The predicted octanol–water partition coefficient (Wildman–Crippen LogP) is 1.99. The summed E-state index contributed by atoms with van der Waals surface area (Å²) < 4.78 is 0. The minimum atomic E-state index is -0.800. The Bertz CT molecular complexity index is 533. The van der Waals surface area contributed by atoms with Crippen LogP contribution in [0.2, 0.25) is 0 Å². The van der Waals surface area contributed by atoms with Gasteiger partial charge in [0.2, 0.25) is 5.91 Å². The molecule has 1 heterocycles. The maximum Gasteiger partial charge on any atom is 0.307 e. The van der Waals surface area contributed by atoms with E-state index in [1.54, 1.807) is 0 Å². The molecule has 0 unspecified atom stereocenters. The molecule has 4 aliphatic rings. The Balaban J connectivity index is 1.38. The summed E-state index contributed by atoms with van der Waals surface area (Å²) in [6.45, 7) is 3.42. The van der Waals surface area contributed by atoms with E-state index >= 15 is 0 Å². The lowest BCUT2D eigenvalue weighted by Crippen LogP contribution is -2.54. The van der Waals surface area contributed by atoms with Crippen LogP contribution < -0.4 is 0 Å².